The highest BCUT2D eigenvalue weighted by atomic mass is 16.7. The molecule has 7 nitrogen and oxygen atoms in total. The molecule has 0 saturated heterocycles. The quantitative estimate of drug-likeness (QED) is 0.458. The van der Waals surface area contributed by atoms with E-state index < -0.39 is 23.8 Å². The van der Waals surface area contributed by atoms with Crippen molar-refractivity contribution in [2.24, 2.45) is 11.3 Å². The predicted molar refractivity (Wildman–Crippen MR) is 87.6 cm³/mol. The summed E-state index contributed by atoms with van der Waals surface area (Å²) in [5, 5.41) is 0.322. The van der Waals surface area contributed by atoms with Crippen LogP contribution in [0, 0.1) is 11.3 Å². The van der Waals surface area contributed by atoms with Crippen molar-refractivity contribution in [3.8, 4) is 0 Å². The molecule has 1 aromatic rings. The summed E-state index contributed by atoms with van der Waals surface area (Å²) in [7, 11) is 0. The van der Waals surface area contributed by atoms with E-state index in [-0.39, 0.29) is 22.6 Å². The molecule has 1 heterocycles. The van der Waals surface area contributed by atoms with E-state index in [2.05, 4.69) is 6.92 Å². The fourth-order valence-corrected chi connectivity index (χ4v) is 4.58. The highest BCUT2D eigenvalue weighted by Crippen LogP contribution is 2.55. The van der Waals surface area contributed by atoms with Crippen LogP contribution >= 0.6 is 0 Å². The van der Waals surface area contributed by atoms with Crippen LogP contribution in [-0.4, -0.2) is 34.9 Å². The van der Waals surface area contributed by atoms with Crippen LogP contribution in [-0.2, 0) is 19.2 Å². The van der Waals surface area contributed by atoms with Crippen molar-refractivity contribution >= 4 is 23.8 Å². The van der Waals surface area contributed by atoms with E-state index >= 15 is 0 Å². The molecule has 3 atom stereocenters. The number of hydrogen-bond acceptors (Lipinski definition) is 6. The lowest BCUT2D eigenvalue weighted by molar-refractivity contribution is -0.188. The highest BCUT2D eigenvalue weighted by molar-refractivity contribution is 6.31. The fourth-order valence-electron chi connectivity index (χ4n) is 4.58. The van der Waals surface area contributed by atoms with Crippen LogP contribution in [0.4, 0.5) is 0 Å². The largest absolute Gasteiger partial charge is 0.453 e. The van der Waals surface area contributed by atoms with Gasteiger partial charge in [-0.25, -0.2) is 9.59 Å². The number of benzene rings is 1. The van der Waals surface area contributed by atoms with Gasteiger partial charge in [-0.3, -0.25) is 9.59 Å². The molecule has 136 valence electrons. The van der Waals surface area contributed by atoms with E-state index in [1.165, 1.54) is 12.1 Å². The number of nitrogens with zero attached hydrogens (tertiary/aromatic N) is 1. The first-order valence-electron chi connectivity index (χ1n) is 8.82. The summed E-state index contributed by atoms with van der Waals surface area (Å²) in [4.78, 5) is 53.4. The summed E-state index contributed by atoms with van der Waals surface area (Å²) in [6.45, 7) is 2.09. The third-order valence-corrected chi connectivity index (χ3v) is 6.06. The van der Waals surface area contributed by atoms with Gasteiger partial charge in [0, 0.05) is 5.41 Å². The van der Waals surface area contributed by atoms with Crippen LogP contribution in [0.2, 0.25) is 0 Å². The van der Waals surface area contributed by atoms with Crippen molar-refractivity contribution in [1.29, 1.82) is 0 Å². The molecular weight excluding hydrogens is 338 g/mol. The molecule has 2 amide bonds. The Kier molecular flexibility index (Phi) is 3.82. The Labute approximate surface area is 150 Å². The molecule has 2 saturated carbocycles. The number of carbonyl (C=O) groups is 4. The number of esters is 1. The summed E-state index contributed by atoms with van der Waals surface area (Å²) in [5.41, 5.74) is 0.164. The molecule has 0 bridgehead atoms. The van der Waals surface area contributed by atoms with Gasteiger partial charge in [0.1, 0.15) is 6.10 Å². The minimum atomic E-state index is -1.36. The van der Waals surface area contributed by atoms with Gasteiger partial charge in [-0.1, -0.05) is 30.5 Å². The second-order valence-corrected chi connectivity index (χ2v) is 7.40. The van der Waals surface area contributed by atoms with Crippen molar-refractivity contribution in [3.63, 3.8) is 0 Å². The average Bonchev–Trinajstić information content (AvgIpc) is 3.22. The number of fused-ring (bicyclic) bond motifs is 2. The molecule has 2 aliphatic carbocycles. The van der Waals surface area contributed by atoms with Crippen molar-refractivity contribution in [2.45, 2.75) is 45.1 Å². The number of ether oxygens (including phenoxy) is 1. The Balaban J connectivity index is 1.42. The lowest BCUT2D eigenvalue weighted by atomic mass is 9.81. The van der Waals surface area contributed by atoms with Gasteiger partial charge < -0.3 is 9.57 Å². The maximum absolute atomic E-state index is 12.2. The van der Waals surface area contributed by atoms with Crippen molar-refractivity contribution in [2.75, 3.05) is 0 Å². The van der Waals surface area contributed by atoms with Gasteiger partial charge in [0.05, 0.1) is 11.1 Å². The average molecular weight is 357 g/mol. The first-order valence-corrected chi connectivity index (χ1v) is 8.82. The van der Waals surface area contributed by atoms with Crippen LogP contribution in [0.25, 0.3) is 0 Å². The van der Waals surface area contributed by atoms with Crippen LogP contribution in [0.15, 0.2) is 24.3 Å². The smallest absolute Gasteiger partial charge is 0.442 e. The molecule has 0 radical (unpaired) electrons. The van der Waals surface area contributed by atoms with Crippen molar-refractivity contribution < 1.29 is 28.8 Å². The first kappa shape index (κ1) is 16.8. The van der Waals surface area contributed by atoms with Crippen molar-refractivity contribution in [3.05, 3.63) is 35.4 Å². The summed E-state index contributed by atoms with van der Waals surface area (Å²) in [5.74, 6) is -3.55. The molecule has 0 aromatic heterocycles. The van der Waals surface area contributed by atoms with Crippen LogP contribution < -0.4 is 0 Å². The molecule has 2 fully saturated rings. The van der Waals surface area contributed by atoms with E-state index in [1.807, 2.05) is 0 Å². The first-order chi connectivity index (χ1) is 12.4. The molecule has 7 heteroatoms. The Morgan fingerprint density at radius 3 is 2.35 bits per heavy atom. The highest BCUT2D eigenvalue weighted by Gasteiger charge is 2.52. The maximum atomic E-state index is 12.2. The van der Waals surface area contributed by atoms with Gasteiger partial charge >= 0.3 is 11.9 Å². The fraction of sp³-hybridized carbons (Fsp3) is 0.474. The summed E-state index contributed by atoms with van der Waals surface area (Å²) in [6.07, 6.45) is 4.52. The van der Waals surface area contributed by atoms with E-state index in [4.69, 9.17) is 9.57 Å². The number of hydroxylamine groups is 2. The Bertz CT molecular complexity index is 783. The lowest BCUT2D eigenvalue weighted by Gasteiger charge is -2.30. The second kappa shape index (κ2) is 5.93. The zero-order chi connectivity index (χ0) is 18.5. The third kappa shape index (κ3) is 2.41. The number of imide groups is 1. The van der Waals surface area contributed by atoms with Gasteiger partial charge in [-0.2, -0.15) is 0 Å². The van der Waals surface area contributed by atoms with E-state index in [9.17, 15) is 19.2 Å². The summed E-state index contributed by atoms with van der Waals surface area (Å²) >= 11 is 0. The number of rotatable bonds is 2. The lowest BCUT2D eigenvalue weighted by Crippen LogP contribution is -2.39. The SMILES string of the molecule is C[C@@]12CCC[C@@H]1CC[C@@H]2OC(=O)C(=O)ON1C(=O)c2ccccc2C1=O. The zero-order valence-electron chi connectivity index (χ0n) is 14.4. The van der Waals surface area contributed by atoms with E-state index in [0.717, 1.165) is 25.7 Å². The van der Waals surface area contributed by atoms with Gasteiger partial charge in [-0.05, 0) is 43.7 Å². The minimum absolute atomic E-state index is 0.106. The van der Waals surface area contributed by atoms with E-state index in [1.54, 1.807) is 12.1 Å². The number of amides is 2. The molecule has 1 aromatic carbocycles. The predicted octanol–water partition coefficient (Wildman–Crippen LogP) is 2.25. The maximum Gasteiger partial charge on any atom is 0.442 e. The van der Waals surface area contributed by atoms with Crippen LogP contribution in [0.3, 0.4) is 0 Å². The van der Waals surface area contributed by atoms with Gasteiger partial charge in [0.15, 0.2) is 0 Å². The Morgan fingerprint density at radius 2 is 1.69 bits per heavy atom. The molecule has 1 aliphatic heterocycles. The summed E-state index contributed by atoms with van der Waals surface area (Å²) < 4.78 is 5.39. The van der Waals surface area contributed by atoms with Crippen molar-refractivity contribution in [1.82, 2.24) is 5.06 Å². The van der Waals surface area contributed by atoms with Crippen LogP contribution in [0.5, 0.6) is 0 Å². The normalized spacial score (nSPS) is 29.5. The van der Waals surface area contributed by atoms with Gasteiger partial charge in [0.2, 0.25) is 0 Å². The molecule has 0 N–H and O–H groups in total. The molecular formula is C19H19NO6. The topological polar surface area (TPSA) is 90.0 Å². The molecule has 0 unspecified atom stereocenters. The van der Waals surface area contributed by atoms with Gasteiger partial charge in [0.25, 0.3) is 11.8 Å². The van der Waals surface area contributed by atoms with E-state index in [0.29, 0.717) is 17.4 Å². The molecule has 4 rings (SSSR count). The van der Waals surface area contributed by atoms with Gasteiger partial charge in [-0.15, -0.1) is 0 Å². The molecule has 0 spiro atoms. The molecule has 26 heavy (non-hydrogen) atoms. The monoisotopic (exact) mass is 357 g/mol. The third-order valence-electron chi connectivity index (χ3n) is 6.06. The minimum Gasteiger partial charge on any atom is -0.453 e. The number of carbonyl (C=O) groups excluding carboxylic acids is 4. The summed E-state index contributed by atoms with van der Waals surface area (Å²) in [6, 6.07) is 6.12. The van der Waals surface area contributed by atoms with Crippen LogP contribution in [0.1, 0.15) is 59.7 Å². The Morgan fingerprint density at radius 1 is 1.04 bits per heavy atom. The zero-order valence-corrected chi connectivity index (χ0v) is 14.4. The standard InChI is InChI=1S/C19H19NO6/c1-19-10-4-5-11(19)8-9-14(19)25-17(23)18(24)26-20-15(21)12-6-2-3-7-13(12)16(20)22/h2-3,6-7,11,14H,4-5,8-10H2,1H3/t11-,14+,19-/m1/s1. The second-order valence-electron chi connectivity index (χ2n) is 7.40. The Hall–Kier alpha value is -2.70. The number of hydrogen-bond donors (Lipinski definition) is 0. The molecule has 3 aliphatic rings.